The number of ketones is 1. The maximum absolute atomic E-state index is 12.9. The fourth-order valence-corrected chi connectivity index (χ4v) is 3.55. The highest BCUT2D eigenvalue weighted by atomic mass is 16.6. The third-order valence-electron chi connectivity index (χ3n) is 5.22. The second-order valence-electron chi connectivity index (χ2n) is 7.46. The molecule has 0 aromatic heterocycles. The lowest BCUT2D eigenvalue weighted by Crippen LogP contribution is -2.54. The van der Waals surface area contributed by atoms with E-state index in [2.05, 4.69) is 0 Å². The topological polar surface area (TPSA) is 55.8 Å². The maximum Gasteiger partial charge on any atom is 0.230 e. The summed E-state index contributed by atoms with van der Waals surface area (Å²) in [5.41, 5.74) is 1.32. The van der Waals surface area contributed by atoms with Gasteiger partial charge in [0, 0.05) is 31.1 Å². The monoisotopic (exact) mass is 345 g/mol. The maximum atomic E-state index is 12.9. The highest BCUT2D eigenvalue weighted by molar-refractivity contribution is 5.97. The van der Waals surface area contributed by atoms with E-state index in [1.54, 1.807) is 0 Å². The van der Waals surface area contributed by atoms with Crippen molar-refractivity contribution in [2.75, 3.05) is 32.9 Å². The van der Waals surface area contributed by atoms with E-state index in [-0.39, 0.29) is 29.1 Å². The van der Waals surface area contributed by atoms with Crippen molar-refractivity contribution in [3.63, 3.8) is 0 Å². The number of benzene rings is 1. The number of Topliss-reactive ketones (excluding diaryl/α,β-unsaturated/α-hetero) is 1. The molecule has 3 rings (SSSR count). The fourth-order valence-electron chi connectivity index (χ4n) is 3.55. The molecule has 2 heterocycles. The van der Waals surface area contributed by atoms with E-state index in [0.29, 0.717) is 38.5 Å². The number of rotatable bonds is 4. The van der Waals surface area contributed by atoms with Crippen LogP contribution in [-0.2, 0) is 14.3 Å². The molecule has 5 nitrogen and oxygen atoms in total. The Balaban J connectivity index is 1.68. The predicted octanol–water partition coefficient (Wildman–Crippen LogP) is 2.65. The zero-order valence-electron chi connectivity index (χ0n) is 15.3. The first kappa shape index (κ1) is 18.1. The van der Waals surface area contributed by atoms with Crippen LogP contribution in [-0.4, -0.2) is 55.1 Å². The quantitative estimate of drug-likeness (QED) is 0.787. The number of nitrogens with zero attached hydrogens (tertiary/aromatic N) is 1. The zero-order chi connectivity index (χ0) is 18.0. The van der Waals surface area contributed by atoms with Gasteiger partial charge in [0.25, 0.3) is 0 Å². The lowest BCUT2D eigenvalue weighted by Gasteiger charge is -2.40. The minimum absolute atomic E-state index is 0.0249. The van der Waals surface area contributed by atoms with Crippen LogP contribution in [0.2, 0.25) is 0 Å². The van der Waals surface area contributed by atoms with Gasteiger partial charge in [0.1, 0.15) is 5.60 Å². The predicted molar refractivity (Wildman–Crippen MR) is 94.7 cm³/mol. The summed E-state index contributed by atoms with van der Waals surface area (Å²) in [5.74, 6) is -0.0249. The molecule has 0 radical (unpaired) electrons. The lowest BCUT2D eigenvalue weighted by atomic mass is 9.94. The smallest absolute Gasteiger partial charge is 0.230 e. The van der Waals surface area contributed by atoms with Gasteiger partial charge in [-0.15, -0.1) is 0 Å². The molecule has 1 aromatic rings. The Bertz CT molecular complexity index is 632. The standard InChI is InChI=1S/C20H27NO4/c1-14(2)18(22)17-6-4-16(5-7-17)15(3)19(23)21-9-11-25-20(12-21)8-10-24-13-20/h4-7,14-15H,8-13H2,1-3H3/t15-,20-/m0/s1. The van der Waals surface area contributed by atoms with E-state index in [9.17, 15) is 9.59 Å². The van der Waals surface area contributed by atoms with Crippen LogP contribution in [0.25, 0.3) is 0 Å². The largest absolute Gasteiger partial charge is 0.378 e. The van der Waals surface area contributed by atoms with Gasteiger partial charge < -0.3 is 14.4 Å². The third-order valence-corrected chi connectivity index (χ3v) is 5.22. The number of hydrogen-bond acceptors (Lipinski definition) is 4. The molecule has 2 saturated heterocycles. The van der Waals surface area contributed by atoms with Crippen LogP contribution in [0, 0.1) is 5.92 Å². The SMILES string of the molecule is CC(C)C(=O)c1ccc([C@H](C)C(=O)N2CCO[C@@]3(CCOC3)C2)cc1. The van der Waals surface area contributed by atoms with Gasteiger partial charge in [-0.1, -0.05) is 38.1 Å². The molecular weight excluding hydrogens is 318 g/mol. The van der Waals surface area contributed by atoms with Gasteiger partial charge in [0.2, 0.25) is 5.91 Å². The first-order valence-corrected chi connectivity index (χ1v) is 9.06. The van der Waals surface area contributed by atoms with Crippen LogP contribution in [0.1, 0.15) is 49.0 Å². The van der Waals surface area contributed by atoms with E-state index < -0.39 is 0 Å². The van der Waals surface area contributed by atoms with Crippen LogP contribution in [0.5, 0.6) is 0 Å². The average molecular weight is 345 g/mol. The number of ether oxygens (including phenoxy) is 2. The molecule has 0 aliphatic carbocycles. The van der Waals surface area contributed by atoms with Crippen molar-refractivity contribution in [3.8, 4) is 0 Å². The molecular formula is C20H27NO4. The van der Waals surface area contributed by atoms with Gasteiger partial charge in [-0.25, -0.2) is 0 Å². The lowest BCUT2D eigenvalue weighted by molar-refractivity contribution is -0.151. The normalized spacial score (nSPS) is 24.7. The van der Waals surface area contributed by atoms with Gasteiger partial charge in [-0.2, -0.15) is 0 Å². The summed E-state index contributed by atoms with van der Waals surface area (Å²) in [6.07, 6.45) is 0.844. The van der Waals surface area contributed by atoms with E-state index in [0.717, 1.165) is 12.0 Å². The molecule has 25 heavy (non-hydrogen) atoms. The molecule has 0 N–H and O–H groups in total. The molecule has 2 atom stereocenters. The van der Waals surface area contributed by atoms with Crippen molar-refractivity contribution in [2.45, 2.75) is 38.7 Å². The molecule has 5 heteroatoms. The molecule has 136 valence electrons. The minimum atomic E-state index is -0.318. The highest BCUT2D eigenvalue weighted by Gasteiger charge is 2.42. The molecule has 0 saturated carbocycles. The van der Waals surface area contributed by atoms with Gasteiger partial charge >= 0.3 is 0 Å². The molecule has 0 unspecified atom stereocenters. The van der Waals surface area contributed by atoms with Crippen LogP contribution in [0.3, 0.4) is 0 Å². The molecule has 1 aromatic carbocycles. The van der Waals surface area contributed by atoms with E-state index >= 15 is 0 Å². The fraction of sp³-hybridized carbons (Fsp3) is 0.600. The summed E-state index contributed by atoms with van der Waals surface area (Å²) in [4.78, 5) is 26.9. The summed E-state index contributed by atoms with van der Waals surface area (Å²) in [6.45, 7) is 8.75. The van der Waals surface area contributed by atoms with Crippen molar-refractivity contribution >= 4 is 11.7 Å². The third kappa shape index (κ3) is 3.77. The van der Waals surface area contributed by atoms with E-state index in [1.165, 1.54) is 0 Å². The zero-order valence-corrected chi connectivity index (χ0v) is 15.3. The van der Waals surface area contributed by atoms with Crippen LogP contribution in [0.4, 0.5) is 0 Å². The Kier molecular flexibility index (Phi) is 5.25. The molecule has 0 bridgehead atoms. The van der Waals surface area contributed by atoms with Gasteiger partial charge in [0.05, 0.1) is 25.7 Å². The highest BCUT2D eigenvalue weighted by Crippen LogP contribution is 2.29. The van der Waals surface area contributed by atoms with Crippen molar-refractivity contribution < 1.29 is 19.1 Å². The number of carbonyl (C=O) groups excluding carboxylic acids is 2. The second-order valence-corrected chi connectivity index (χ2v) is 7.46. The Labute approximate surface area is 149 Å². The molecule has 2 aliphatic rings. The van der Waals surface area contributed by atoms with Crippen LogP contribution >= 0.6 is 0 Å². The van der Waals surface area contributed by atoms with Crippen molar-refractivity contribution in [2.24, 2.45) is 5.92 Å². The Morgan fingerprint density at radius 2 is 1.84 bits per heavy atom. The van der Waals surface area contributed by atoms with Crippen molar-refractivity contribution in [1.82, 2.24) is 4.90 Å². The average Bonchev–Trinajstić information content (AvgIpc) is 3.07. The second kappa shape index (κ2) is 7.26. The molecule has 1 amide bonds. The number of morpholine rings is 1. The molecule has 2 aliphatic heterocycles. The summed E-state index contributed by atoms with van der Waals surface area (Å²) < 4.78 is 11.4. The summed E-state index contributed by atoms with van der Waals surface area (Å²) in [6, 6.07) is 7.44. The van der Waals surface area contributed by atoms with E-state index in [4.69, 9.17) is 9.47 Å². The van der Waals surface area contributed by atoms with Crippen LogP contribution < -0.4 is 0 Å². The Morgan fingerprint density at radius 3 is 2.44 bits per heavy atom. The van der Waals surface area contributed by atoms with Gasteiger partial charge in [-0.3, -0.25) is 9.59 Å². The number of amides is 1. The first-order valence-electron chi connectivity index (χ1n) is 9.06. The Hall–Kier alpha value is -1.72. The van der Waals surface area contributed by atoms with Crippen molar-refractivity contribution in [1.29, 1.82) is 0 Å². The van der Waals surface area contributed by atoms with Crippen molar-refractivity contribution in [3.05, 3.63) is 35.4 Å². The summed E-state index contributed by atoms with van der Waals surface area (Å²) in [5, 5.41) is 0. The Morgan fingerprint density at radius 1 is 1.12 bits per heavy atom. The first-order chi connectivity index (χ1) is 11.9. The number of hydrogen-bond donors (Lipinski definition) is 0. The summed E-state index contributed by atoms with van der Waals surface area (Å²) in [7, 11) is 0. The minimum Gasteiger partial charge on any atom is -0.378 e. The summed E-state index contributed by atoms with van der Waals surface area (Å²) >= 11 is 0. The molecule has 1 spiro atoms. The van der Waals surface area contributed by atoms with Gasteiger partial charge in [0.15, 0.2) is 5.78 Å². The van der Waals surface area contributed by atoms with E-state index in [1.807, 2.05) is 49.9 Å². The number of carbonyl (C=O) groups is 2. The van der Waals surface area contributed by atoms with Gasteiger partial charge in [-0.05, 0) is 12.5 Å². The van der Waals surface area contributed by atoms with Crippen LogP contribution in [0.15, 0.2) is 24.3 Å². The molecule has 2 fully saturated rings.